The van der Waals surface area contributed by atoms with Crippen molar-refractivity contribution in [2.24, 2.45) is 5.92 Å². The fraction of sp³-hybridized carbons (Fsp3) is 0.444. The molecule has 0 spiro atoms. The summed E-state index contributed by atoms with van der Waals surface area (Å²) in [6.07, 6.45) is 7.65. The molecule has 0 amide bonds. The topological polar surface area (TPSA) is 47.6 Å². The normalized spacial score (nSPS) is 22.3. The highest BCUT2D eigenvalue weighted by atomic mass is 19.1. The molecule has 0 heterocycles. The highest BCUT2D eigenvalue weighted by molar-refractivity contribution is 5.33. The molecule has 2 nitrogen and oxygen atoms in total. The number of halogens is 1. The summed E-state index contributed by atoms with van der Waals surface area (Å²) in [5, 5.41) is 17.2. The van der Waals surface area contributed by atoms with E-state index in [1.165, 1.54) is 17.7 Å². The van der Waals surface area contributed by atoms with Gasteiger partial charge in [0.2, 0.25) is 0 Å². The van der Waals surface area contributed by atoms with Crippen molar-refractivity contribution < 1.29 is 4.39 Å². The molecule has 1 aliphatic carbocycles. The van der Waals surface area contributed by atoms with Crippen molar-refractivity contribution in [2.75, 3.05) is 0 Å². The Morgan fingerprint density at radius 2 is 1.81 bits per heavy atom. The van der Waals surface area contributed by atoms with Crippen LogP contribution in [0.5, 0.6) is 0 Å². The van der Waals surface area contributed by atoms with Gasteiger partial charge >= 0.3 is 0 Å². The Labute approximate surface area is 125 Å². The van der Waals surface area contributed by atoms with Crippen molar-refractivity contribution in [1.29, 1.82) is 10.5 Å². The maximum atomic E-state index is 12.7. The first kappa shape index (κ1) is 15.3. The van der Waals surface area contributed by atoms with Crippen LogP contribution >= 0.6 is 0 Å². The van der Waals surface area contributed by atoms with Crippen molar-refractivity contribution in [3.8, 4) is 12.1 Å². The van der Waals surface area contributed by atoms with Gasteiger partial charge in [-0.15, -0.1) is 0 Å². The third-order valence-corrected chi connectivity index (χ3v) is 4.36. The van der Waals surface area contributed by atoms with Crippen LogP contribution in [0, 0.1) is 28.6 Å². The first-order chi connectivity index (χ1) is 10.2. The quantitative estimate of drug-likeness (QED) is 0.730. The van der Waals surface area contributed by atoms with E-state index in [-0.39, 0.29) is 0 Å². The summed E-state index contributed by atoms with van der Waals surface area (Å²) in [6.45, 7) is 0. The van der Waals surface area contributed by atoms with Gasteiger partial charge in [-0.1, -0.05) is 12.1 Å². The van der Waals surface area contributed by atoms with Gasteiger partial charge in [-0.25, -0.2) is 0 Å². The van der Waals surface area contributed by atoms with E-state index in [2.05, 4.69) is 18.2 Å². The van der Waals surface area contributed by atoms with E-state index in [1.54, 1.807) is 0 Å². The average molecular weight is 282 g/mol. The number of allylic oxidation sites excluding steroid dienone is 2. The molecule has 0 radical (unpaired) electrons. The van der Waals surface area contributed by atoms with Crippen LogP contribution in [0.15, 0.2) is 36.2 Å². The van der Waals surface area contributed by atoms with Crippen LogP contribution in [-0.4, -0.2) is 0 Å². The summed E-state index contributed by atoms with van der Waals surface area (Å²) >= 11 is 0. The zero-order chi connectivity index (χ0) is 15.1. The predicted molar refractivity (Wildman–Crippen MR) is 79.9 cm³/mol. The maximum Gasteiger partial charge on any atom is 0.196 e. The standard InChI is InChI=1S/C18H19FN2/c19-18(13-21)3-1-2-14-4-8-16(9-5-14)17-10-6-15(12-20)7-11-17/h3,6-7,10-11,14,16H,1-2,4-5,8-9H2/b18-3-/t14-,16-. The fourth-order valence-corrected chi connectivity index (χ4v) is 3.11. The second kappa shape index (κ2) is 7.60. The molecule has 1 aromatic rings. The molecule has 0 atom stereocenters. The van der Waals surface area contributed by atoms with Gasteiger partial charge in [-0.2, -0.15) is 14.9 Å². The third-order valence-electron chi connectivity index (χ3n) is 4.36. The first-order valence-electron chi connectivity index (χ1n) is 7.48. The van der Waals surface area contributed by atoms with Gasteiger partial charge in [-0.3, -0.25) is 0 Å². The molecule has 0 aliphatic heterocycles. The van der Waals surface area contributed by atoms with E-state index in [9.17, 15) is 4.39 Å². The Morgan fingerprint density at radius 1 is 1.14 bits per heavy atom. The predicted octanol–water partition coefficient (Wildman–Crippen LogP) is 4.99. The Kier molecular flexibility index (Phi) is 5.52. The van der Waals surface area contributed by atoms with Gasteiger partial charge < -0.3 is 0 Å². The zero-order valence-corrected chi connectivity index (χ0v) is 12.1. The monoisotopic (exact) mass is 282 g/mol. The highest BCUT2D eigenvalue weighted by Crippen LogP contribution is 2.37. The Hall–Kier alpha value is -2.13. The van der Waals surface area contributed by atoms with Crippen molar-refractivity contribution in [2.45, 2.75) is 44.4 Å². The van der Waals surface area contributed by atoms with Gasteiger partial charge in [-0.05, 0) is 74.1 Å². The van der Waals surface area contributed by atoms with E-state index in [0.717, 1.165) is 32.1 Å². The average Bonchev–Trinajstić information content (AvgIpc) is 2.55. The van der Waals surface area contributed by atoms with Crippen molar-refractivity contribution in [3.63, 3.8) is 0 Å². The zero-order valence-electron chi connectivity index (χ0n) is 12.1. The lowest BCUT2D eigenvalue weighted by Gasteiger charge is -2.28. The van der Waals surface area contributed by atoms with E-state index in [1.807, 2.05) is 12.1 Å². The molecular formula is C18H19FN2. The summed E-state index contributed by atoms with van der Waals surface area (Å²) in [4.78, 5) is 0. The summed E-state index contributed by atoms with van der Waals surface area (Å²) in [6, 6.07) is 11.6. The minimum absolute atomic E-state index is 0.584. The van der Waals surface area contributed by atoms with Crippen molar-refractivity contribution in [1.82, 2.24) is 0 Å². The van der Waals surface area contributed by atoms with Crippen LogP contribution in [0.4, 0.5) is 4.39 Å². The Morgan fingerprint density at radius 3 is 2.38 bits per heavy atom. The third kappa shape index (κ3) is 4.43. The van der Waals surface area contributed by atoms with Crippen LogP contribution in [0.25, 0.3) is 0 Å². The summed E-state index contributed by atoms with van der Waals surface area (Å²) in [7, 11) is 0. The van der Waals surface area contributed by atoms with E-state index in [4.69, 9.17) is 10.5 Å². The Bertz CT molecular complexity index is 567. The summed E-state index contributed by atoms with van der Waals surface area (Å²) in [5.74, 6) is 0.559. The van der Waals surface area contributed by atoms with Gasteiger partial charge in [0.15, 0.2) is 5.83 Å². The lowest BCUT2D eigenvalue weighted by atomic mass is 9.77. The van der Waals surface area contributed by atoms with E-state index in [0.29, 0.717) is 23.8 Å². The molecular weight excluding hydrogens is 263 g/mol. The smallest absolute Gasteiger partial charge is 0.195 e. The van der Waals surface area contributed by atoms with Gasteiger partial charge in [0.1, 0.15) is 6.07 Å². The van der Waals surface area contributed by atoms with Crippen LogP contribution in [-0.2, 0) is 0 Å². The molecule has 2 rings (SSSR count). The van der Waals surface area contributed by atoms with Crippen LogP contribution in [0.3, 0.4) is 0 Å². The number of nitriles is 2. The molecule has 21 heavy (non-hydrogen) atoms. The second-order valence-electron chi connectivity index (χ2n) is 5.69. The van der Waals surface area contributed by atoms with Gasteiger partial charge in [0.25, 0.3) is 0 Å². The highest BCUT2D eigenvalue weighted by Gasteiger charge is 2.21. The largest absolute Gasteiger partial charge is 0.196 e. The number of nitrogens with zero attached hydrogens (tertiary/aromatic N) is 2. The molecule has 0 saturated heterocycles. The molecule has 0 aromatic heterocycles. The maximum absolute atomic E-state index is 12.7. The molecule has 1 aromatic carbocycles. The van der Waals surface area contributed by atoms with Crippen LogP contribution < -0.4 is 0 Å². The van der Waals surface area contributed by atoms with Crippen LogP contribution in [0.2, 0.25) is 0 Å². The molecule has 0 bridgehead atoms. The molecule has 3 heteroatoms. The minimum Gasteiger partial charge on any atom is -0.195 e. The van der Waals surface area contributed by atoms with Crippen LogP contribution in [0.1, 0.15) is 55.6 Å². The number of benzene rings is 1. The van der Waals surface area contributed by atoms with Crippen molar-refractivity contribution >= 4 is 0 Å². The first-order valence-corrected chi connectivity index (χ1v) is 7.48. The molecule has 108 valence electrons. The summed E-state index contributed by atoms with van der Waals surface area (Å²) < 4.78 is 12.7. The number of hydrogen-bond donors (Lipinski definition) is 0. The SMILES string of the molecule is N#C/C(F)=C/CC[C@H]1CC[C@H](c2ccc(C#N)cc2)CC1. The van der Waals surface area contributed by atoms with Crippen molar-refractivity contribution in [3.05, 3.63) is 47.3 Å². The van der Waals surface area contributed by atoms with E-state index >= 15 is 0 Å². The lowest BCUT2D eigenvalue weighted by Crippen LogP contribution is -2.13. The lowest BCUT2D eigenvalue weighted by molar-refractivity contribution is 0.311. The minimum atomic E-state index is -0.665. The molecule has 0 N–H and O–H groups in total. The second-order valence-corrected chi connectivity index (χ2v) is 5.69. The number of hydrogen-bond acceptors (Lipinski definition) is 2. The van der Waals surface area contributed by atoms with E-state index < -0.39 is 5.83 Å². The fourth-order valence-electron chi connectivity index (χ4n) is 3.11. The van der Waals surface area contributed by atoms with Gasteiger partial charge in [0, 0.05) is 0 Å². The molecule has 0 unspecified atom stereocenters. The summed E-state index contributed by atoms with van der Waals surface area (Å²) in [5.41, 5.74) is 2.03. The number of rotatable bonds is 4. The molecule has 1 aliphatic rings. The van der Waals surface area contributed by atoms with Gasteiger partial charge in [0.05, 0.1) is 11.6 Å². The molecule has 1 saturated carbocycles. The Balaban J connectivity index is 1.80. The molecule has 1 fully saturated rings.